The van der Waals surface area contributed by atoms with Gasteiger partial charge in [-0.1, -0.05) is 109 Å². The maximum absolute atomic E-state index is 5.10. The topological polar surface area (TPSA) is 35.6 Å². The second kappa shape index (κ2) is 10.6. The number of allylic oxidation sites excluding steroid dienone is 4. The summed E-state index contributed by atoms with van der Waals surface area (Å²) in [5.74, 6) is 0.982. The summed E-state index contributed by atoms with van der Waals surface area (Å²) < 4.78 is 4.73. The van der Waals surface area contributed by atoms with Crippen LogP contribution in [0.4, 0.5) is 0 Å². The lowest BCUT2D eigenvalue weighted by Gasteiger charge is -2.18. The Morgan fingerprint density at radius 2 is 1.08 bits per heavy atom. The summed E-state index contributed by atoms with van der Waals surface area (Å²) in [6.45, 7) is 0. The van der Waals surface area contributed by atoms with Crippen LogP contribution in [0.15, 0.2) is 164 Å². The van der Waals surface area contributed by atoms with E-state index in [0.29, 0.717) is 0 Å². The van der Waals surface area contributed by atoms with Gasteiger partial charge < -0.3 is 9.13 Å². The minimum absolute atomic E-state index is 0.125. The molecule has 1 aliphatic carbocycles. The Balaban J connectivity index is 0.967. The van der Waals surface area contributed by atoms with Gasteiger partial charge in [0, 0.05) is 50.4 Å². The van der Waals surface area contributed by atoms with Gasteiger partial charge in [0.25, 0.3) is 0 Å². The standard InChI is InChI=1S/C44H30N4/c1-5-16-40-34(10-1)35-11-2-6-17-41(35)47(40)31-24-20-29(21-25-31)33-14-9-15-39-38(33)28-45-44(46-39)30-22-26-32(27-23-30)48-42-18-7-3-12-36(42)37-13-4-8-19-43(37)48/h1-22,24-28,30H,23H2. The fourth-order valence-corrected chi connectivity index (χ4v) is 7.66. The molecule has 226 valence electrons. The third-order valence-electron chi connectivity index (χ3n) is 9.91. The summed E-state index contributed by atoms with van der Waals surface area (Å²) in [7, 11) is 0. The SMILES string of the molecule is C1=CC(c2ncc3c(-c4ccc(-n5c6ccccc6c6ccccc65)cc4)cccc3n2)CC=C1n1c2ccccc2c2ccccc21. The zero-order valence-corrected chi connectivity index (χ0v) is 26.2. The van der Waals surface area contributed by atoms with Crippen LogP contribution in [0, 0.1) is 0 Å². The van der Waals surface area contributed by atoms with Crippen molar-refractivity contribution in [3.63, 3.8) is 0 Å². The average molecular weight is 615 g/mol. The number of para-hydroxylation sites is 4. The molecule has 1 atom stereocenters. The van der Waals surface area contributed by atoms with Crippen LogP contribution in [0.25, 0.3) is 77.0 Å². The predicted molar refractivity (Wildman–Crippen MR) is 200 cm³/mol. The van der Waals surface area contributed by atoms with Crippen LogP contribution in [0.5, 0.6) is 0 Å². The van der Waals surface area contributed by atoms with Crippen molar-refractivity contribution in [3.05, 3.63) is 170 Å². The Bertz CT molecular complexity index is 2650. The van der Waals surface area contributed by atoms with Gasteiger partial charge in [0.05, 0.1) is 27.6 Å². The van der Waals surface area contributed by atoms with Crippen molar-refractivity contribution < 1.29 is 0 Å². The van der Waals surface area contributed by atoms with E-state index in [4.69, 9.17) is 9.97 Å². The maximum atomic E-state index is 5.10. The minimum Gasteiger partial charge on any atom is -0.310 e. The summed E-state index contributed by atoms with van der Waals surface area (Å²) in [4.78, 5) is 10.0. The van der Waals surface area contributed by atoms with Crippen LogP contribution in [0.2, 0.25) is 0 Å². The summed E-state index contributed by atoms with van der Waals surface area (Å²) in [5, 5.41) is 6.15. The Kier molecular flexibility index (Phi) is 5.97. The van der Waals surface area contributed by atoms with Crippen molar-refractivity contribution in [1.29, 1.82) is 0 Å². The van der Waals surface area contributed by atoms with Crippen molar-refractivity contribution in [1.82, 2.24) is 19.1 Å². The molecule has 0 amide bonds. The van der Waals surface area contributed by atoms with Gasteiger partial charge >= 0.3 is 0 Å². The minimum atomic E-state index is 0.125. The lowest BCUT2D eigenvalue weighted by Crippen LogP contribution is -2.06. The van der Waals surface area contributed by atoms with Crippen LogP contribution in [-0.4, -0.2) is 19.1 Å². The summed E-state index contributed by atoms with van der Waals surface area (Å²) >= 11 is 0. The third kappa shape index (κ3) is 4.09. The van der Waals surface area contributed by atoms with Gasteiger partial charge in [-0.3, -0.25) is 0 Å². The fraction of sp³-hybridized carbons (Fsp3) is 0.0455. The molecule has 4 heteroatoms. The number of benzene rings is 6. The van der Waals surface area contributed by atoms with E-state index in [-0.39, 0.29) is 5.92 Å². The van der Waals surface area contributed by atoms with E-state index < -0.39 is 0 Å². The fourth-order valence-electron chi connectivity index (χ4n) is 7.66. The van der Waals surface area contributed by atoms with E-state index >= 15 is 0 Å². The highest BCUT2D eigenvalue weighted by Crippen LogP contribution is 2.37. The molecule has 0 N–H and O–H groups in total. The molecule has 0 bridgehead atoms. The molecule has 48 heavy (non-hydrogen) atoms. The van der Waals surface area contributed by atoms with Crippen molar-refractivity contribution in [2.75, 3.05) is 0 Å². The molecule has 9 aromatic rings. The van der Waals surface area contributed by atoms with E-state index in [0.717, 1.165) is 40.0 Å². The highest BCUT2D eigenvalue weighted by molar-refractivity contribution is 6.11. The first-order valence-corrected chi connectivity index (χ1v) is 16.5. The van der Waals surface area contributed by atoms with Crippen molar-refractivity contribution in [2.24, 2.45) is 0 Å². The van der Waals surface area contributed by atoms with Gasteiger partial charge in [-0.15, -0.1) is 0 Å². The molecule has 6 aromatic carbocycles. The molecule has 0 saturated carbocycles. The molecule has 1 aliphatic rings. The van der Waals surface area contributed by atoms with Crippen molar-refractivity contribution in [3.8, 4) is 16.8 Å². The van der Waals surface area contributed by atoms with Gasteiger partial charge in [-0.25, -0.2) is 9.97 Å². The molecule has 0 saturated heterocycles. The summed E-state index contributed by atoms with van der Waals surface area (Å²) in [5.41, 5.74) is 10.5. The Morgan fingerprint density at radius 3 is 1.65 bits per heavy atom. The third-order valence-corrected chi connectivity index (χ3v) is 9.91. The predicted octanol–water partition coefficient (Wildman–Crippen LogP) is 11.1. The Morgan fingerprint density at radius 1 is 0.521 bits per heavy atom. The monoisotopic (exact) mass is 614 g/mol. The second-order valence-corrected chi connectivity index (χ2v) is 12.6. The number of fused-ring (bicyclic) bond motifs is 7. The van der Waals surface area contributed by atoms with Gasteiger partial charge in [-0.2, -0.15) is 0 Å². The molecule has 0 radical (unpaired) electrons. The van der Waals surface area contributed by atoms with Crippen molar-refractivity contribution in [2.45, 2.75) is 12.3 Å². The van der Waals surface area contributed by atoms with E-state index in [2.05, 4.69) is 167 Å². The largest absolute Gasteiger partial charge is 0.310 e. The summed E-state index contributed by atoms with van der Waals surface area (Å²) in [6.07, 6.45) is 9.68. The second-order valence-electron chi connectivity index (χ2n) is 12.6. The van der Waals surface area contributed by atoms with Crippen LogP contribution in [-0.2, 0) is 0 Å². The molecular weight excluding hydrogens is 585 g/mol. The van der Waals surface area contributed by atoms with Crippen LogP contribution in [0.1, 0.15) is 18.2 Å². The van der Waals surface area contributed by atoms with E-state index in [1.165, 1.54) is 49.3 Å². The van der Waals surface area contributed by atoms with Gasteiger partial charge in [0.15, 0.2) is 0 Å². The average Bonchev–Trinajstić information content (AvgIpc) is 3.68. The zero-order valence-electron chi connectivity index (χ0n) is 26.2. The Hall–Kier alpha value is -6.26. The highest BCUT2D eigenvalue weighted by atomic mass is 15.0. The lowest BCUT2D eigenvalue weighted by molar-refractivity contribution is 0.778. The van der Waals surface area contributed by atoms with Crippen LogP contribution >= 0.6 is 0 Å². The molecule has 0 spiro atoms. The molecule has 0 fully saturated rings. The number of hydrogen-bond acceptors (Lipinski definition) is 2. The Labute approximate surface area is 277 Å². The molecular formula is C44H30N4. The summed E-state index contributed by atoms with van der Waals surface area (Å²) in [6, 6.07) is 49.8. The van der Waals surface area contributed by atoms with Gasteiger partial charge in [0.1, 0.15) is 5.82 Å². The molecule has 10 rings (SSSR count). The first-order chi connectivity index (χ1) is 23.8. The first kappa shape index (κ1) is 26.9. The smallest absolute Gasteiger partial charge is 0.136 e. The van der Waals surface area contributed by atoms with Crippen LogP contribution < -0.4 is 0 Å². The van der Waals surface area contributed by atoms with Gasteiger partial charge in [0.2, 0.25) is 0 Å². The van der Waals surface area contributed by atoms with E-state index in [1.54, 1.807) is 0 Å². The number of aromatic nitrogens is 4. The number of rotatable bonds is 4. The number of nitrogens with zero attached hydrogens (tertiary/aromatic N) is 4. The highest BCUT2D eigenvalue weighted by Gasteiger charge is 2.19. The lowest BCUT2D eigenvalue weighted by atomic mass is 9.97. The molecule has 1 unspecified atom stereocenters. The maximum Gasteiger partial charge on any atom is 0.136 e. The quantitative estimate of drug-likeness (QED) is 0.198. The molecule has 0 aliphatic heterocycles. The van der Waals surface area contributed by atoms with Gasteiger partial charge in [-0.05, 0) is 66.1 Å². The molecule has 4 nitrogen and oxygen atoms in total. The normalized spacial score (nSPS) is 14.8. The first-order valence-electron chi connectivity index (χ1n) is 16.5. The van der Waals surface area contributed by atoms with Crippen molar-refractivity contribution >= 4 is 60.2 Å². The molecule has 3 heterocycles. The molecule has 3 aromatic heterocycles. The van der Waals surface area contributed by atoms with E-state index in [1.807, 2.05) is 6.20 Å². The number of hydrogen-bond donors (Lipinski definition) is 0. The zero-order chi connectivity index (χ0) is 31.6. The van der Waals surface area contributed by atoms with Crippen LogP contribution in [0.3, 0.4) is 0 Å². The van der Waals surface area contributed by atoms with E-state index in [9.17, 15) is 0 Å².